The van der Waals surface area contributed by atoms with Gasteiger partial charge in [0, 0.05) is 5.56 Å². The van der Waals surface area contributed by atoms with Crippen LogP contribution in [0.3, 0.4) is 0 Å². The molecule has 0 saturated heterocycles. The van der Waals surface area contributed by atoms with E-state index < -0.39 is 0 Å². The first-order valence-electron chi connectivity index (χ1n) is 13.1. The zero-order valence-corrected chi connectivity index (χ0v) is 22.7. The normalized spacial score (nSPS) is 14.1. The van der Waals surface area contributed by atoms with Gasteiger partial charge in [-0.2, -0.15) is 0 Å². The number of benzene rings is 1. The smallest absolute Gasteiger partial charge is 0.126 e. The molecule has 0 saturated carbocycles. The summed E-state index contributed by atoms with van der Waals surface area (Å²) >= 11 is 0. The summed E-state index contributed by atoms with van der Waals surface area (Å²) in [5, 5.41) is 10.4. The first-order chi connectivity index (χ1) is 15.1. The molecule has 2 nitrogen and oxygen atoms in total. The monoisotopic (exact) mass is 444 g/mol. The number of aromatic hydroxyl groups is 1. The third kappa shape index (κ3) is 9.59. The lowest BCUT2D eigenvalue weighted by atomic mass is 9.91. The number of phenols is 1. The number of phenolic OH excluding ortho intramolecular Hbond substituents is 1. The zero-order valence-electron chi connectivity index (χ0n) is 22.7. The maximum atomic E-state index is 10.4. The summed E-state index contributed by atoms with van der Waals surface area (Å²) < 4.78 is 5.68. The number of rotatable bonds is 15. The summed E-state index contributed by atoms with van der Waals surface area (Å²) in [5.41, 5.74) is 5.46. The Balaban J connectivity index is 2.40. The fourth-order valence-corrected chi connectivity index (χ4v) is 4.78. The van der Waals surface area contributed by atoms with E-state index in [0.717, 1.165) is 58.6 Å². The standard InChI is InChI=1S/C30H52O2/c1-21(2)13-10-14-22(3)15-11-16-23(4)17-12-18-24(5)19-20-28-27(8)29(31)25(6)26(7)30(28)32-9/h19,21-23,31H,10-18,20H2,1-9H3/b24-19+. The van der Waals surface area contributed by atoms with Crippen LogP contribution in [0.1, 0.15) is 115 Å². The molecule has 0 aliphatic carbocycles. The lowest BCUT2D eigenvalue weighted by Gasteiger charge is -2.18. The van der Waals surface area contributed by atoms with E-state index in [1.165, 1.54) is 56.9 Å². The lowest BCUT2D eigenvalue weighted by molar-refractivity contribution is 0.389. The fraction of sp³-hybridized carbons (Fsp3) is 0.733. The molecule has 2 atom stereocenters. The minimum Gasteiger partial charge on any atom is -0.507 e. The minimum absolute atomic E-state index is 0.410. The molecule has 1 rings (SSSR count). The van der Waals surface area contributed by atoms with Crippen LogP contribution in [-0.4, -0.2) is 12.2 Å². The van der Waals surface area contributed by atoms with Crippen LogP contribution < -0.4 is 4.74 Å². The summed E-state index contributed by atoms with van der Waals surface area (Å²) in [6.07, 6.45) is 15.2. The van der Waals surface area contributed by atoms with Gasteiger partial charge >= 0.3 is 0 Å². The second kappa shape index (κ2) is 14.7. The highest BCUT2D eigenvalue weighted by atomic mass is 16.5. The molecule has 184 valence electrons. The van der Waals surface area contributed by atoms with Crippen molar-refractivity contribution < 1.29 is 9.84 Å². The Morgan fingerprint density at radius 1 is 0.812 bits per heavy atom. The van der Waals surface area contributed by atoms with Crippen molar-refractivity contribution in [3.05, 3.63) is 33.9 Å². The van der Waals surface area contributed by atoms with Crippen molar-refractivity contribution in [3.8, 4) is 11.5 Å². The SMILES string of the molecule is COc1c(C)c(C)c(O)c(C)c1C/C=C(\C)CCCC(C)CCCC(C)CCCC(C)C. The van der Waals surface area contributed by atoms with Crippen LogP contribution in [0.5, 0.6) is 11.5 Å². The average Bonchev–Trinajstić information content (AvgIpc) is 2.73. The third-order valence-corrected chi connectivity index (χ3v) is 7.34. The van der Waals surface area contributed by atoms with Gasteiger partial charge in [0.25, 0.3) is 0 Å². The van der Waals surface area contributed by atoms with E-state index in [0.29, 0.717) is 5.75 Å². The molecule has 1 N–H and O–H groups in total. The van der Waals surface area contributed by atoms with Crippen LogP contribution in [0, 0.1) is 38.5 Å². The number of methoxy groups -OCH3 is 1. The first-order valence-corrected chi connectivity index (χ1v) is 13.1. The van der Waals surface area contributed by atoms with Crippen LogP contribution in [0.4, 0.5) is 0 Å². The fourth-order valence-electron chi connectivity index (χ4n) is 4.78. The molecule has 0 amide bonds. The Labute approximate surface area is 199 Å². The molecular weight excluding hydrogens is 392 g/mol. The van der Waals surface area contributed by atoms with Gasteiger partial charge in [-0.25, -0.2) is 0 Å². The predicted octanol–water partition coefficient (Wildman–Crippen LogP) is 9.25. The zero-order chi connectivity index (χ0) is 24.3. The highest BCUT2D eigenvalue weighted by molar-refractivity contribution is 5.57. The number of hydrogen-bond acceptors (Lipinski definition) is 2. The van der Waals surface area contributed by atoms with E-state index in [-0.39, 0.29) is 0 Å². The van der Waals surface area contributed by atoms with Gasteiger partial charge in [0.05, 0.1) is 7.11 Å². The summed E-state index contributed by atoms with van der Waals surface area (Å²) in [6, 6.07) is 0. The van der Waals surface area contributed by atoms with E-state index in [4.69, 9.17) is 4.74 Å². The quantitative estimate of drug-likeness (QED) is 0.273. The van der Waals surface area contributed by atoms with Gasteiger partial charge in [-0.3, -0.25) is 0 Å². The molecule has 0 heterocycles. The van der Waals surface area contributed by atoms with Crippen molar-refractivity contribution >= 4 is 0 Å². The predicted molar refractivity (Wildman–Crippen MR) is 141 cm³/mol. The largest absolute Gasteiger partial charge is 0.507 e. The third-order valence-electron chi connectivity index (χ3n) is 7.34. The molecule has 32 heavy (non-hydrogen) atoms. The van der Waals surface area contributed by atoms with Crippen molar-refractivity contribution in [1.82, 2.24) is 0 Å². The summed E-state index contributed by atoms with van der Waals surface area (Å²) in [5.74, 6) is 3.89. The van der Waals surface area contributed by atoms with Gasteiger partial charge in [-0.1, -0.05) is 84.3 Å². The molecule has 0 aliphatic rings. The topological polar surface area (TPSA) is 29.5 Å². The van der Waals surface area contributed by atoms with Crippen LogP contribution >= 0.6 is 0 Å². The van der Waals surface area contributed by atoms with E-state index >= 15 is 0 Å². The maximum absolute atomic E-state index is 10.4. The Hall–Kier alpha value is -1.44. The van der Waals surface area contributed by atoms with Crippen molar-refractivity contribution in [1.29, 1.82) is 0 Å². The number of ether oxygens (including phenoxy) is 1. The van der Waals surface area contributed by atoms with Gasteiger partial charge in [0.1, 0.15) is 11.5 Å². The Bertz CT molecular complexity index is 714. The highest BCUT2D eigenvalue weighted by Gasteiger charge is 2.16. The van der Waals surface area contributed by atoms with Crippen LogP contribution in [0.25, 0.3) is 0 Å². The van der Waals surface area contributed by atoms with Gasteiger partial charge in [-0.05, 0) is 81.4 Å². The van der Waals surface area contributed by atoms with Crippen molar-refractivity contribution in [2.24, 2.45) is 17.8 Å². The van der Waals surface area contributed by atoms with Gasteiger partial charge in [0.15, 0.2) is 0 Å². The van der Waals surface area contributed by atoms with Gasteiger partial charge < -0.3 is 9.84 Å². The molecule has 0 aromatic heterocycles. The van der Waals surface area contributed by atoms with Crippen molar-refractivity contribution in [2.75, 3.05) is 7.11 Å². The number of allylic oxidation sites excluding steroid dienone is 2. The van der Waals surface area contributed by atoms with E-state index in [1.807, 2.05) is 20.8 Å². The molecule has 0 aliphatic heterocycles. The lowest BCUT2D eigenvalue weighted by Crippen LogP contribution is -2.01. The summed E-state index contributed by atoms with van der Waals surface area (Å²) in [7, 11) is 1.73. The summed E-state index contributed by atoms with van der Waals surface area (Å²) in [6.45, 7) is 17.7. The Kier molecular flexibility index (Phi) is 13.1. The van der Waals surface area contributed by atoms with Crippen molar-refractivity contribution in [2.45, 2.75) is 120 Å². The van der Waals surface area contributed by atoms with Crippen LogP contribution in [0.2, 0.25) is 0 Å². The number of hydrogen-bond donors (Lipinski definition) is 1. The molecule has 0 radical (unpaired) electrons. The average molecular weight is 445 g/mol. The van der Waals surface area contributed by atoms with Crippen LogP contribution in [-0.2, 0) is 6.42 Å². The second-order valence-corrected chi connectivity index (χ2v) is 10.8. The van der Waals surface area contributed by atoms with E-state index in [2.05, 4.69) is 40.7 Å². The summed E-state index contributed by atoms with van der Waals surface area (Å²) in [4.78, 5) is 0. The molecule has 1 aromatic carbocycles. The van der Waals surface area contributed by atoms with Crippen LogP contribution in [0.15, 0.2) is 11.6 Å². The second-order valence-electron chi connectivity index (χ2n) is 10.8. The maximum Gasteiger partial charge on any atom is 0.126 e. The molecular formula is C30H52O2. The first kappa shape index (κ1) is 28.6. The Morgan fingerprint density at radius 3 is 1.88 bits per heavy atom. The molecule has 2 unspecified atom stereocenters. The molecule has 0 fully saturated rings. The Morgan fingerprint density at radius 2 is 1.34 bits per heavy atom. The molecule has 1 aromatic rings. The van der Waals surface area contributed by atoms with Gasteiger partial charge in [-0.15, -0.1) is 0 Å². The molecule has 2 heteroatoms. The van der Waals surface area contributed by atoms with E-state index in [9.17, 15) is 5.11 Å². The van der Waals surface area contributed by atoms with Gasteiger partial charge in [0.2, 0.25) is 0 Å². The molecule has 0 spiro atoms. The van der Waals surface area contributed by atoms with Crippen molar-refractivity contribution in [3.63, 3.8) is 0 Å². The van der Waals surface area contributed by atoms with E-state index in [1.54, 1.807) is 7.11 Å². The highest BCUT2D eigenvalue weighted by Crippen LogP contribution is 2.37. The molecule has 0 bridgehead atoms. The minimum atomic E-state index is 0.410.